The van der Waals surface area contributed by atoms with Crippen LogP contribution in [-0.4, -0.2) is 16.3 Å². The van der Waals surface area contributed by atoms with Crippen LogP contribution in [0.3, 0.4) is 0 Å². The molecule has 0 aliphatic heterocycles. The maximum Gasteiger partial charge on any atom is 0.0788 e. The monoisotopic (exact) mass is 433 g/mol. The second kappa shape index (κ2) is 6.85. The normalized spacial score (nSPS) is 12.6. The van der Waals surface area contributed by atoms with Gasteiger partial charge in [0, 0.05) is 16.7 Å². The fourth-order valence-electron chi connectivity index (χ4n) is 1.89. The average molecular weight is 434 g/mol. The van der Waals surface area contributed by atoms with E-state index >= 15 is 0 Å². The standard InChI is InChI=1S/C14H17BrIN3/c1-3-6-17-10(2)11-4-5-14(13(15)7-11)19-9-12(16)8-18-19/h4-5,7-10,17H,3,6H2,1-2H3. The number of nitrogens with zero attached hydrogens (tertiary/aromatic N) is 2. The Morgan fingerprint density at radius 1 is 1.47 bits per heavy atom. The first-order chi connectivity index (χ1) is 9.11. The lowest BCUT2D eigenvalue weighted by Crippen LogP contribution is -2.19. The van der Waals surface area contributed by atoms with Gasteiger partial charge in [-0.15, -0.1) is 0 Å². The third kappa shape index (κ3) is 3.79. The molecule has 2 rings (SSSR count). The van der Waals surface area contributed by atoms with Gasteiger partial charge in [-0.05, 0) is 76.1 Å². The predicted molar refractivity (Wildman–Crippen MR) is 90.7 cm³/mol. The summed E-state index contributed by atoms with van der Waals surface area (Å²) in [7, 11) is 0. The van der Waals surface area contributed by atoms with Gasteiger partial charge in [0.15, 0.2) is 0 Å². The van der Waals surface area contributed by atoms with Crippen LogP contribution in [0.2, 0.25) is 0 Å². The molecule has 1 unspecified atom stereocenters. The lowest BCUT2D eigenvalue weighted by atomic mass is 10.1. The summed E-state index contributed by atoms with van der Waals surface area (Å²) in [5, 5.41) is 7.83. The molecule has 0 radical (unpaired) electrons. The van der Waals surface area contributed by atoms with Gasteiger partial charge in [-0.3, -0.25) is 0 Å². The average Bonchev–Trinajstić information content (AvgIpc) is 2.82. The SMILES string of the molecule is CCCNC(C)c1ccc(-n2cc(I)cn2)c(Br)c1. The number of hydrogen-bond acceptors (Lipinski definition) is 2. The molecule has 0 aliphatic carbocycles. The molecular weight excluding hydrogens is 417 g/mol. The zero-order valence-electron chi connectivity index (χ0n) is 11.0. The molecule has 0 amide bonds. The maximum absolute atomic E-state index is 4.33. The van der Waals surface area contributed by atoms with Crippen LogP contribution in [0.25, 0.3) is 5.69 Å². The van der Waals surface area contributed by atoms with Crippen molar-refractivity contribution in [2.75, 3.05) is 6.54 Å². The molecule has 0 spiro atoms. The highest BCUT2D eigenvalue weighted by atomic mass is 127. The Balaban J connectivity index is 2.22. The van der Waals surface area contributed by atoms with Crippen LogP contribution in [0.5, 0.6) is 0 Å². The van der Waals surface area contributed by atoms with Crippen LogP contribution in [0.15, 0.2) is 35.1 Å². The molecule has 0 bridgehead atoms. The van der Waals surface area contributed by atoms with Crippen molar-refractivity contribution in [3.8, 4) is 5.69 Å². The lowest BCUT2D eigenvalue weighted by molar-refractivity contribution is 0.570. The molecule has 0 saturated carbocycles. The van der Waals surface area contributed by atoms with E-state index < -0.39 is 0 Å². The van der Waals surface area contributed by atoms with Crippen molar-refractivity contribution >= 4 is 38.5 Å². The van der Waals surface area contributed by atoms with Crippen molar-refractivity contribution in [2.24, 2.45) is 0 Å². The third-order valence-electron chi connectivity index (χ3n) is 2.97. The van der Waals surface area contributed by atoms with Gasteiger partial charge in [0.05, 0.1) is 15.5 Å². The van der Waals surface area contributed by atoms with E-state index in [2.05, 4.69) is 81.0 Å². The van der Waals surface area contributed by atoms with E-state index in [0.29, 0.717) is 6.04 Å². The summed E-state index contributed by atoms with van der Waals surface area (Å²) in [6, 6.07) is 6.79. The molecule has 5 heteroatoms. The Morgan fingerprint density at radius 2 is 2.26 bits per heavy atom. The van der Waals surface area contributed by atoms with Gasteiger partial charge in [-0.1, -0.05) is 13.0 Å². The number of rotatable bonds is 5. The zero-order chi connectivity index (χ0) is 13.8. The Hall–Kier alpha value is -0.400. The summed E-state index contributed by atoms with van der Waals surface area (Å²) in [4.78, 5) is 0. The van der Waals surface area contributed by atoms with E-state index in [1.54, 1.807) is 0 Å². The molecule has 0 aliphatic rings. The highest BCUT2D eigenvalue weighted by molar-refractivity contribution is 14.1. The van der Waals surface area contributed by atoms with Gasteiger partial charge >= 0.3 is 0 Å². The van der Waals surface area contributed by atoms with Crippen molar-refractivity contribution in [3.05, 3.63) is 44.2 Å². The number of nitrogens with one attached hydrogen (secondary N) is 1. The van der Waals surface area contributed by atoms with Gasteiger partial charge in [0.25, 0.3) is 0 Å². The lowest BCUT2D eigenvalue weighted by Gasteiger charge is -2.15. The minimum Gasteiger partial charge on any atom is -0.310 e. The predicted octanol–water partition coefficient (Wildman–Crippen LogP) is 4.30. The fraction of sp³-hybridized carbons (Fsp3) is 0.357. The molecule has 1 heterocycles. The number of benzene rings is 1. The largest absolute Gasteiger partial charge is 0.310 e. The number of halogens is 2. The summed E-state index contributed by atoms with van der Waals surface area (Å²) in [6.45, 7) is 5.41. The molecule has 1 atom stereocenters. The second-order valence-electron chi connectivity index (χ2n) is 4.49. The highest BCUT2D eigenvalue weighted by Crippen LogP contribution is 2.25. The Kier molecular flexibility index (Phi) is 5.41. The molecule has 0 saturated heterocycles. The van der Waals surface area contributed by atoms with Crippen LogP contribution in [0, 0.1) is 3.57 Å². The van der Waals surface area contributed by atoms with Crippen molar-refractivity contribution in [2.45, 2.75) is 26.3 Å². The maximum atomic E-state index is 4.33. The van der Waals surface area contributed by atoms with Gasteiger partial charge in [0.2, 0.25) is 0 Å². The molecule has 1 N–H and O–H groups in total. The third-order valence-corrected chi connectivity index (χ3v) is 4.16. The van der Waals surface area contributed by atoms with Gasteiger partial charge in [0.1, 0.15) is 0 Å². The number of aromatic nitrogens is 2. The van der Waals surface area contributed by atoms with E-state index in [0.717, 1.165) is 26.7 Å². The topological polar surface area (TPSA) is 29.9 Å². The fourth-order valence-corrected chi connectivity index (χ4v) is 2.86. The highest BCUT2D eigenvalue weighted by Gasteiger charge is 2.09. The minimum atomic E-state index is 0.364. The Morgan fingerprint density at radius 3 is 2.84 bits per heavy atom. The zero-order valence-corrected chi connectivity index (χ0v) is 14.8. The molecule has 19 heavy (non-hydrogen) atoms. The van der Waals surface area contributed by atoms with E-state index in [1.807, 2.05) is 17.1 Å². The molecule has 0 fully saturated rings. The summed E-state index contributed by atoms with van der Waals surface area (Å²) in [5.41, 5.74) is 2.35. The molecule has 102 valence electrons. The molecule has 2 aromatic rings. The summed E-state index contributed by atoms with van der Waals surface area (Å²) in [5.74, 6) is 0. The van der Waals surface area contributed by atoms with Crippen molar-refractivity contribution < 1.29 is 0 Å². The smallest absolute Gasteiger partial charge is 0.0788 e. The van der Waals surface area contributed by atoms with Crippen molar-refractivity contribution in [1.29, 1.82) is 0 Å². The van der Waals surface area contributed by atoms with E-state index in [9.17, 15) is 0 Å². The van der Waals surface area contributed by atoms with Crippen LogP contribution >= 0.6 is 38.5 Å². The Bertz CT molecular complexity index is 553. The quantitative estimate of drug-likeness (QED) is 0.712. The van der Waals surface area contributed by atoms with Gasteiger partial charge in [-0.25, -0.2) is 4.68 Å². The van der Waals surface area contributed by atoms with Crippen LogP contribution in [-0.2, 0) is 0 Å². The van der Waals surface area contributed by atoms with Crippen LogP contribution in [0.1, 0.15) is 31.9 Å². The second-order valence-corrected chi connectivity index (χ2v) is 6.59. The minimum absolute atomic E-state index is 0.364. The number of hydrogen-bond donors (Lipinski definition) is 1. The molecular formula is C14H17BrIN3. The summed E-state index contributed by atoms with van der Waals surface area (Å²) < 4.78 is 4.08. The summed E-state index contributed by atoms with van der Waals surface area (Å²) >= 11 is 5.90. The van der Waals surface area contributed by atoms with Crippen molar-refractivity contribution in [1.82, 2.24) is 15.1 Å². The van der Waals surface area contributed by atoms with Crippen molar-refractivity contribution in [3.63, 3.8) is 0 Å². The van der Waals surface area contributed by atoms with E-state index in [1.165, 1.54) is 5.56 Å². The molecule has 1 aromatic carbocycles. The first-order valence-corrected chi connectivity index (χ1v) is 8.22. The Labute approximate surface area is 136 Å². The van der Waals surface area contributed by atoms with E-state index in [-0.39, 0.29) is 0 Å². The first kappa shape index (κ1) is 15.0. The summed E-state index contributed by atoms with van der Waals surface area (Å²) in [6.07, 6.45) is 5.01. The first-order valence-electron chi connectivity index (χ1n) is 6.35. The van der Waals surface area contributed by atoms with Crippen LogP contribution < -0.4 is 5.32 Å². The molecule has 1 aromatic heterocycles. The van der Waals surface area contributed by atoms with Gasteiger partial charge in [-0.2, -0.15) is 5.10 Å². The molecule has 3 nitrogen and oxygen atoms in total. The van der Waals surface area contributed by atoms with Gasteiger partial charge < -0.3 is 5.32 Å². The van der Waals surface area contributed by atoms with E-state index in [4.69, 9.17) is 0 Å². The van der Waals surface area contributed by atoms with Crippen LogP contribution in [0.4, 0.5) is 0 Å².